The highest BCUT2D eigenvalue weighted by atomic mass is 15.1. The Bertz CT molecular complexity index is 3760. The zero-order valence-electron chi connectivity index (χ0n) is 41.2. The molecule has 4 heteroatoms. The van der Waals surface area contributed by atoms with E-state index in [1.54, 1.807) is 6.08 Å². The number of benzene rings is 9. The van der Waals surface area contributed by atoms with Crippen molar-refractivity contribution < 1.29 is 0 Å². The minimum atomic E-state index is 0.795. The lowest BCUT2D eigenvalue weighted by molar-refractivity contribution is 1.10. The van der Waals surface area contributed by atoms with Crippen LogP contribution in [0.5, 0.6) is 0 Å². The molecule has 0 atom stereocenters. The third-order valence-electron chi connectivity index (χ3n) is 13.5. The SMILES string of the molecule is C=C/C=C\C(=C)C(=C)/C=C\C(=C)c1cc2cc3c(cc(-c4ccc(-c5ccccc5)cc4)n3-c3ccc(N(c4ccccc4)c4ccccc4)cc3)cc2n1-c1ccc(N(c2ccccc2)c2ccccc2)cc1. The Hall–Kier alpha value is -9.90. The molecule has 11 aromatic rings. The summed E-state index contributed by atoms with van der Waals surface area (Å²) in [5, 5.41) is 2.19. The third-order valence-corrected chi connectivity index (χ3v) is 13.5. The molecule has 0 saturated heterocycles. The highest BCUT2D eigenvalue weighted by molar-refractivity contribution is 6.02. The quantitative estimate of drug-likeness (QED) is 0.0898. The molecule has 0 unspecified atom stereocenters. The number of fused-ring (bicyclic) bond motifs is 2. The summed E-state index contributed by atoms with van der Waals surface area (Å²) in [6.07, 6.45) is 9.55. The van der Waals surface area contributed by atoms with Crippen LogP contribution in [0.3, 0.4) is 0 Å². The van der Waals surface area contributed by atoms with E-state index in [0.29, 0.717) is 0 Å². The first-order valence-corrected chi connectivity index (χ1v) is 24.8. The summed E-state index contributed by atoms with van der Waals surface area (Å²) >= 11 is 0. The fourth-order valence-corrected chi connectivity index (χ4v) is 9.77. The molecule has 0 saturated carbocycles. The van der Waals surface area contributed by atoms with E-state index < -0.39 is 0 Å². The lowest BCUT2D eigenvalue weighted by atomic mass is 10.0. The molecule has 2 aromatic heterocycles. The first kappa shape index (κ1) is 46.5. The molecule has 0 fully saturated rings. The van der Waals surface area contributed by atoms with E-state index in [2.05, 4.69) is 294 Å². The Labute approximate surface area is 434 Å². The number of hydrogen-bond acceptors (Lipinski definition) is 2. The molecule has 0 aliphatic rings. The van der Waals surface area contributed by atoms with Gasteiger partial charge in [-0.15, -0.1) is 0 Å². The van der Waals surface area contributed by atoms with Crippen molar-refractivity contribution >= 4 is 61.5 Å². The number of anilines is 6. The summed E-state index contributed by atoms with van der Waals surface area (Å²) in [7, 11) is 0. The fraction of sp³-hybridized carbons (Fsp3) is 0. The number of nitrogens with zero attached hydrogens (tertiary/aromatic N) is 4. The lowest BCUT2D eigenvalue weighted by Crippen LogP contribution is -2.10. The largest absolute Gasteiger partial charge is 0.311 e. The molecule has 0 aliphatic heterocycles. The van der Waals surface area contributed by atoms with Crippen molar-refractivity contribution in [1.82, 2.24) is 9.13 Å². The maximum atomic E-state index is 4.67. The van der Waals surface area contributed by atoms with Crippen molar-refractivity contribution in [1.29, 1.82) is 0 Å². The number of hydrogen-bond donors (Lipinski definition) is 0. The summed E-state index contributed by atoms with van der Waals surface area (Å²) in [6.45, 7) is 17.0. The van der Waals surface area contributed by atoms with Crippen LogP contribution in [0, 0.1) is 0 Å². The van der Waals surface area contributed by atoms with Crippen molar-refractivity contribution in [2.75, 3.05) is 9.80 Å². The van der Waals surface area contributed by atoms with Crippen LogP contribution < -0.4 is 9.80 Å². The van der Waals surface area contributed by atoms with Crippen LogP contribution in [0.25, 0.3) is 61.1 Å². The summed E-state index contributed by atoms with van der Waals surface area (Å²) in [5.41, 5.74) is 18.7. The summed E-state index contributed by atoms with van der Waals surface area (Å²) in [4.78, 5) is 4.58. The number of rotatable bonds is 16. The standard InChI is InChI=1S/C70H54N4/c1-5-6-22-51(2)52(3)33-34-53(4)67-47-57-49-70-58(50-69(57)73(67)65-43-39-63(40-44-65)71(59-25-14-8-15-26-59)60-27-16-9-17-28-60)48-68(56-37-35-55(36-38-56)54-23-12-7-13-24-54)74(70)66-45-41-64(42-46-66)72(61-29-18-10-19-30-61)62-31-20-11-21-32-62/h5-50H,1-4H2/b22-6-,34-33-. The second-order valence-electron chi connectivity index (χ2n) is 18.2. The maximum Gasteiger partial charge on any atom is 0.0542 e. The zero-order valence-corrected chi connectivity index (χ0v) is 41.2. The second kappa shape index (κ2) is 20.8. The van der Waals surface area contributed by atoms with Crippen LogP contribution in [0.1, 0.15) is 5.69 Å². The molecule has 0 aliphatic carbocycles. The van der Waals surface area contributed by atoms with Gasteiger partial charge in [0.2, 0.25) is 0 Å². The molecule has 0 bridgehead atoms. The summed E-state index contributed by atoms with van der Waals surface area (Å²) in [5.74, 6) is 0. The summed E-state index contributed by atoms with van der Waals surface area (Å²) < 4.78 is 4.73. The van der Waals surface area contributed by atoms with Crippen molar-refractivity contribution in [2.45, 2.75) is 0 Å². The molecule has 9 aromatic carbocycles. The number of para-hydroxylation sites is 4. The molecular formula is C70H54N4. The van der Waals surface area contributed by atoms with Crippen LogP contribution in [-0.2, 0) is 0 Å². The van der Waals surface area contributed by atoms with Gasteiger partial charge in [-0.05, 0) is 155 Å². The van der Waals surface area contributed by atoms with Gasteiger partial charge >= 0.3 is 0 Å². The average molecular weight is 951 g/mol. The van der Waals surface area contributed by atoms with Crippen LogP contribution in [-0.4, -0.2) is 9.13 Å². The Morgan fingerprint density at radius 3 is 1.20 bits per heavy atom. The van der Waals surface area contributed by atoms with Gasteiger partial charge in [-0.3, -0.25) is 0 Å². The molecule has 2 heterocycles. The van der Waals surface area contributed by atoms with Gasteiger partial charge in [-0.25, -0.2) is 0 Å². The number of aromatic nitrogens is 2. The molecule has 0 radical (unpaired) electrons. The molecule has 74 heavy (non-hydrogen) atoms. The predicted molar refractivity (Wildman–Crippen MR) is 316 cm³/mol. The Kier molecular flexibility index (Phi) is 13.1. The van der Waals surface area contributed by atoms with Gasteiger partial charge in [0.1, 0.15) is 0 Å². The molecule has 0 amide bonds. The van der Waals surface area contributed by atoms with Crippen LogP contribution in [0.15, 0.2) is 317 Å². The third kappa shape index (κ3) is 9.39. The van der Waals surface area contributed by atoms with E-state index in [0.717, 1.165) is 101 Å². The Morgan fingerprint density at radius 1 is 0.351 bits per heavy atom. The molecule has 0 spiro atoms. The van der Waals surface area contributed by atoms with Gasteiger partial charge in [0, 0.05) is 56.3 Å². The smallest absolute Gasteiger partial charge is 0.0542 e. The molecular weight excluding hydrogens is 897 g/mol. The van der Waals surface area contributed by atoms with E-state index in [9.17, 15) is 0 Å². The Balaban J connectivity index is 1.07. The van der Waals surface area contributed by atoms with Crippen LogP contribution in [0.4, 0.5) is 34.1 Å². The van der Waals surface area contributed by atoms with Crippen molar-refractivity contribution in [3.63, 3.8) is 0 Å². The van der Waals surface area contributed by atoms with Gasteiger partial charge in [-0.2, -0.15) is 0 Å². The minimum absolute atomic E-state index is 0.795. The zero-order chi connectivity index (χ0) is 50.4. The molecule has 0 N–H and O–H groups in total. The van der Waals surface area contributed by atoms with Gasteiger partial charge < -0.3 is 18.9 Å². The predicted octanol–water partition coefficient (Wildman–Crippen LogP) is 19.3. The van der Waals surface area contributed by atoms with E-state index in [1.165, 1.54) is 11.1 Å². The van der Waals surface area contributed by atoms with E-state index in [4.69, 9.17) is 0 Å². The van der Waals surface area contributed by atoms with E-state index in [-0.39, 0.29) is 0 Å². The fourth-order valence-electron chi connectivity index (χ4n) is 9.77. The van der Waals surface area contributed by atoms with Gasteiger partial charge in [0.05, 0.1) is 22.4 Å². The van der Waals surface area contributed by atoms with Gasteiger partial charge in [0.15, 0.2) is 0 Å². The highest BCUT2D eigenvalue weighted by Crippen LogP contribution is 2.41. The van der Waals surface area contributed by atoms with Crippen molar-refractivity contribution in [2.24, 2.45) is 0 Å². The molecule has 11 rings (SSSR count). The second-order valence-corrected chi connectivity index (χ2v) is 18.2. The monoisotopic (exact) mass is 950 g/mol. The normalized spacial score (nSPS) is 11.4. The van der Waals surface area contributed by atoms with Gasteiger partial charge in [0.25, 0.3) is 0 Å². The molecule has 354 valence electrons. The van der Waals surface area contributed by atoms with Crippen LogP contribution >= 0.6 is 0 Å². The first-order chi connectivity index (χ1) is 36.4. The maximum absolute atomic E-state index is 4.67. The number of allylic oxidation sites excluding steroid dienone is 8. The van der Waals surface area contributed by atoms with Crippen molar-refractivity contribution in [3.8, 4) is 33.8 Å². The van der Waals surface area contributed by atoms with Crippen molar-refractivity contribution in [3.05, 3.63) is 322 Å². The average Bonchev–Trinajstić information content (AvgIpc) is 4.04. The van der Waals surface area contributed by atoms with E-state index >= 15 is 0 Å². The van der Waals surface area contributed by atoms with Gasteiger partial charge in [-0.1, -0.05) is 184 Å². The highest BCUT2D eigenvalue weighted by Gasteiger charge is 2.21. The van der Waals surface area contributed by atoms with Crippen LogP contribution in [0.2, 0.25) is 0 Å². The topological polar surface area (TPSA) is 16.3 Å². The minimum Gasteiger partial charge on any atom is -0.311 e. The van der Waals surface area contributed by atoms with E-state index in [1.807, 2.05) is 24.3 Å². The summed E-state index contributed by atoms with van der Waals surface area (Å²) in [6, 6.07) is 88.6. The molecule has 4 nitrogen and oxygen atoms in total. The Morgan fingerprint density at radius 2 is 0.730 bits per heavy atom. The lowest BCUT2D eigenvalue weighted by Gasteiger charge is -2.25. The first-order valence-electron chi connectivity index (χ1n) is 24.8.